The Bertz CT molecular complexity index is 547. The number of nitrogens with two attached hydrogens (primary N) is 2. The molecule has 0 heterocycles. The molecule has 1 unspecified atom stereocenters. The van der Waals surface area contributed by atoms with Crippen molar-refractivity contribution in [1.29, 1.82) is 0 Å². The van der Waals surface area contributed by atoms with Gasteiger partial charge in [0.2, 0.25) is 15.9 Å². The number of amides is 1. The second kappa shape index (κ2) is 4.68. The number of benzene rings is 1. The summed E-state index contributed by atoms with van der Waals surface area (Å²) < 4.78 is 24.8. The summed E-state index contributed by atoms with van der Waals surface area (Å²) in [5, 5.41) is 0. The Morgan fingerprint density at radius 2 is 1.67 bits per heavy atom. The normalized spacial score (nSPS) is 15.4. The first-order valence-electron chi connectivity index (χ1n) is 5.22. The van der Waals surface area contributed by atoms with Crippen molar-refractivity contribution in [2.45, 2.75) is 17.4 Å². The number of hydrogen-bond donors (Lipinski definition) is 2. The van der Waals surface area contributed by atoms with Crippen LogP contribution in [0.5, 0.6) is 0 Å². The molecule has 1 aromatic carbocycles. The molecule has 0 radical (unpaired) electrons. The predicted octanol–water partition coefficient (Wildman–Crippen LogP) is -0.404. The van der Waals surface area contributed by atoms with E-state index in [-0.39, 0.29) is 4.90 Å². The molecule has 18 heavy (non-hydrogen) atoms. The monoisotopic (exact) mass is 271 g/mol. The average Bonchev–Trinajstić information content (AvgIpc) is 2.28. The van der Waals surface area contributed by atoms with Gasteiger partial charge >= 0.3 is 0 Å². The third-order valence-electron chi connectivity index (χ3n) is 2.74. The lowest BCUT2D eigenvalue weighted by Crippen LogP contribution is -2.46. The topological polar surface area (TPSA) is 106 Å². The third-order valence-corrected chi connectivity index (χ3v) is 4.57. The van der Waals surface area contributed by atoms with Gasteiger partial charge in [0.1, 0.15) is 5.54 Å². The SMILES string of the molecule is CN(C)S(=O)(=O)c1ccc(C(C)(N)C(N)=O)cc1. The van der Waals surface area contributed by atoms with Crippen molar-refractivity contribution >= 4 is 15.9 Å². The molecule has 4 N–H and O–H groups in total. The van der Waals surface area contributed by atoms with Crippen molar-refractivity contribution in [2.75, 3.05) is 14.1 Å². The first kappa shape index (κ1) is 14.6. The predicted molar refractivity (Wildman–Crippen MR) is 68.0 cm³/mol. The minimum absolute atomic E-state index is 0.136. The van der Waals surface area contributed by atoms with Crippen LogP contribution in [0.15, 0.2) is 29.2 Å². The van der Waals surface area contributed by atoms with Gasteiger partial charge in [-0.25, -0.2) is 12.7 Å². The maximum atomic E-state index is 11.8. The van der Waals surface area contributed by atoms with E-state index in [0.717, 1.165) is 4.31 Å². The zero-order valence-corrected chi connectivity index (χ0v) is 11.4. The Balaban J connectivity index is 3.20. The van der Waals surface area contributed by atoms with E-state index in [1.165, 1.54) is 45.3 Å². The number of nitrogens with zero attached hydrogens (tertiary/aromatic N) is 1. The lowest BCUT2D eigenvalue weighted by Gasteiger charge is -2.21. The molecule has 1 rings (SSSR count). The molecule has 0 fully saturated rings. The molecule has 0 spiro atoms. The van der Waals surface area contributed by atoms with Crippen molar-refractivity contribution in [2.24, 2.45) is 11.5 Å². The summed E-state index contributed by atoms with van der Waals surface area (Å²) in [5.74, 6) is -0.675. The van der Waals surface area contributed by atoms with Crippen molar-refractivity contribution in [3.63, 3.8) is 0 Å². The molecule has 1 atom stereocenters. The molecule has 0 aromatic heterocycles. The van der Waals surface area contributed by atoms with E-state index in [9.17, 15) is 13.2 Å². The van der Waals surface area contributed by atoms with Crippen LogP contribution in [0.4, 0.5) is 0 Å². The quantitative estimate of drug-likeness (QED) is 0.776. The van der Waals surface area contributed by atoms with Crippen LogP contribution in [-0.4, -0.2) is 32.7 Å². The first-order chi connectivity index (χ1) is 8.10. The zero-order valence-electron chi connectivity index (χ0n) is 10.5. The summed E-state index contributed by atoms with van der Waals surface area (Å²) in [5.41, 5.74) is 10.1. The number of sulfonamides is 1. The molecule has 1 aromatic rings. The van der Waals surface area contributed by atoms with Gasteiger partial charge in [0, 0.05) is 14.1 Å². The number of carbonyl (C=O) groups is 1. The van der Waals surface area contributed by atoms with Gasteiger partial charge in [0.25, 0.3) is 0 Å². The van der Waals surface area contributed by atoms with Crippen LogP contribution in [0.25, 0.3) is 0 Å². The number of hydrogen-bond acceptors (Lipinski definition) is 4. The van der Waals surface area contributed by atoms with Gasteiger partial charge in [0.05, 0.1) is 4.90 Å². The highest BCUT2D eigenvalue weighted by Crippen LogP contribution is 2.20. The van der Waals surface area contributed by atoms with E-state index in [1.54, 1.807) is 0 Å². The van der Waals surface area contributed by atoms with Crippen LogP contribution < -0.4 is 11.5 Å². The maximum Gasteiger partial charge on any atom is 0.242 e. The van der Waals surface area contributed by atoms with Gasteiger partial charge < -0.3 is 11.5 Å². The highest BCUT2D eigenvalue weighted by Gasteiger charge is 2.28. The Hall–Kier alpha value is -1.44. The maximum absolute atomic E-state index is 11.8. The minimum Gasteiger partial charge on any atom is -0.368 e. The van der Waals surface area contributed by atoms with Crippen LogP contribution in [-0.2, 0) is 20.4 Å². The van der Waals surface area contributed by atoms with E-state index >= 15 is 0 Å². The molecule has 0 bridgehead atoms. The summed E-state index contributed by atoms with van der Waals surface area (Å²) >= 11 is 0. The molecule has 0 aliphatic heterocycles. The molecule has 0 saturated carbocycles. The van der Waals surface area contributed by atoms with E-state index in [1.807, 2.05) is 0 Å². The van der Waals surface area contributed by atoms with Crippen LogP contribution in [0.1, 0.15) is 12.5 Å². The lowest BCUT2D eigenvalue weighted by atomic mass is 9.93. The summed E-state index contributed by atoms with van der Waals surface area (Å²) in [6.45, 7) is 1.48. The molecule has 6 nitrogen and oxygen atoms in total. The number of primary amides is 1. The van der Waals surface area contributed by atoms with E-state index in [0.29, 0.717) is 5.56 Å². The first-order valence-corrected chi connectivity index (χ1v) is 6.66. The zero-order chi connectivity index (χ0) is 14.1. The summed E-state index contributed by atoms with van der Waals surface area (Å²) in [4.78, 5) is 11.3. The molecule has 0 aliphatic carbocycles. The smallest absolute Gasteiger partial charge is 0.242 e. The highest BCUT2D eigenvalue weighted by atomic mass is 32.2. The Kier molecular flexibility index (Phi) is 3.80. The number of rotatable bonds is 4. The van der Waals surface area contributed by atoms with E-state index < -0.39 is 21.5 Å². The van der Waals surface area contributed by atoms with Gasteiger partial charge in [-0.15, -0.1) is 0 Å². The van der Waals surface area contributed by atoms with Crippen molar-refractivity contribution in [1.82, 2.24) is 4.31 Å². The molecule has 1 amide bonds. The fourth-order valence-corrected chi connectivity index (χ4v) is 2.23. The average molecular weight is 271 g/mol. The molecule has 100 valence electrons. The molecule has 0 saturated heterocycles. The van der Waals surface area contributed by atoms with Gasteiger partial charge in [-0.3, -0.25) is 4.79 Å². The molecule has 7 heteroatoms. The van der Waals surface area contributed by atoms with E-state index in [2.05, 4.69) is 0 Å². The van der Waals surface area contributed by atoms with Gasteiger partial charge in [-0.1, -0.05) is 12.1 Å². The van der Waals surface area contributed by atoms with Crippen LogP contribution in [0.3, 0.4) is 0 Å². The van der Waals surface area contributed by atoms with Gasteiger partial charge in [0.15, 0.2) is 0 Å². The summed E-state index contributed by atoms with van der Waals surface area (Å²) in [7, 11) is -0.595. The van der Waals surface area contributed by atoms with Crippen LogP contribution in [0, 0.1) is 0 Å². The second-order valence-electron chi connectivity index (χ2n) is 4.38. The van der Waals surface area contributed by atoms with Crippen molar-refractivity contribution in [3.8, 4) is 0 Å². The Labute approximate surface area is 107 Å². The Morgan fingerprint density at radius 3 is 2.00 bits per heavy atom. The van der Waals surface area contributed by atoms with E-state index in [4.69, 9.17) is 11.5 Å². The fourth-order valence-electron chi connectivity index (χ4n) is 1.33. The largest absolute Gasteiger partial charge is 0.368 e. The lowest BCUT2D eigenvalue weighted by molar-refractivity contribution is -0.122. The number of carbonyl (C=O) groups excluding carboxylic acids is 1. The molecule has 0 aliphatic rings. The molecular formula is C11H17N3O3S. The van der Waals surface area contributed by atoms with Gasteiger partial charge in [-0.05, 0) is 24.6 Å². The standard InChI is InChI=1S/C11H17N3O3S/c1-11(13,10(12)15)8-4-6-9(7-5-8)18(16,17)14(2)3/h4-7H,13H2,1-3H3,(H2,12,15). The second-order valence-corrected chi connectivity index (χ2v) is 6.53. The molecular weight excluding hydrogens is 254 g/mol. The van der Waals surface area contributed by atoms with Crippen molar-refractivity contribution < 1.29 is 13.2 Å². The van der Waals surface area contributed by atoms with Crippen LogP contribution >= 0.6 is 0 Å². The Morgan fingerprint density at radius 1 is 1.22 bits per heavy atom. The highest BCUT2D eigenvalue weighted by molar-refractivity contribution is 7.89. The van der Waals surface area contributed by atoms with Crippen molar-refractivity contribution in [3.05, 3.63) is 29.8 Å². The summed E-state index contributed by atoms with van der Waals surface area (Å²) in [6, 6.07) is 5.78. The van der Waals surface area contributed by atoms with Crippen LogP contribution in [0.2, 0.25) is 0 Å². The van der Waals surface area contributed by atoms with Gasteiger partial charge in [-0.2, -0.15) is 0 Å². The summed E-state index contributed by atoms with van der Waals surface area (Å²) in [6.07, 6.45) is 0. The fraction of sp³-hybridized carbons (Fsp3) is 0.364. The minimum atomic E-state index is -3.48. The third kappa shape index (κ3) is 2.53.